The van der Waals surface area contributed by atoms with E-state index in [4.69, 9.17) is 11.6 Å². The third-order valence-electron chi connectivity index (χ3n) is 3.42. The number of ether oxygens (including phenoxy) is 1. The normalized spacial score (nSPS) is 17.2. The molecule has 0 saturated heterocycles. The molecule has 0 fully saturated rings. The minimum absolute atomic E-state index is 0.0894. The van der Waals surface area contributed by atoms with E-state index < -0.39 is 34.6 Å². The summed E-state index contributed by atoms with van der Waals surface area (Å²) in [6.07, 6.45) is -3.80. The third-order valence-corrected chi connectivity index (χ3v) is 4.92. The van der Waals surface area contributed by atoms with Crippen LogP contribution < -0.4 is 9.64 Å². The zero-order chi connectivity index (χ0) is 19.1. The number of benzene rings is 1. The lowest BCUT2D eigenvalue weighted by molar-refractivity contribution is -0.275. The van der Waals surface area contributed by atoms with Crippen molar-refractivity contribution >= 4 is 34.1 Å². The van der Waals surface area contributed by atoms with Crippen molar-refractivity contribution in [3.8, 4) is 5.75 Å². The Morgan fingerprint density at radius 2 is 2.04 bits per heavy atom. The molecule has 1 amide bonds. The van der Waals surface area contributed by atoms with E-state index in [-0.39, 0.29) is 33.6 Å². The van der Waals surface area contributed by atoms with Crippen molar-refractivity contribution in [1.82, 2.24) is 4.98 Å². The van der Waals surface area contributed by atoms with E-state index in [9.17, 15) is 26.6 Å². The number of amides is 1. The summed E-state index contributed by atoms with van der Waals surface area (Å²) in [6.45, 7) is -0.202. The van der Waals surface area contributed by atoms with E-state index in [1.54, 1.807) is 0 Å². The summed E-state index contributed by atoms with van der Waals surface area (Å²) in [4.78, 5) is 17.6. The van der Waals surface area contributed by atoms with E-state index >= 15 is 0 Å². The van der Waals surface area contributed by atoms with Gasteiger partial charge in [0.1, 0.15) is 5.75 Å². The van der Waals surface area contributed by atoms with Crippen LogP contribution in [0.25, 0.3) is 0 Å². The minimum atomic E-state index is -5.05. The summed E-state index contributed by atoms with van der Waals surface area (Å²) in [7, 11) is -1.63. The van der Waals surface area contributed by atoms with Crippen molar-refractivity contribution in [2.75, 3.05) is 10.7 Å². The monoisotopic (exact) mass is 408 g/mol. The van der Waals surface area contributed by atoms with Gasteiger partial charge in [-0.05, 0) is 23.8 Å². The molecule has 1 atom stereocenters. The van der Waals surface area contributed by atoms with Crippen molar-refractivity contribution < 1.29 is 31.3 Å². The molecule has 0 N–H and O–H groups in total. The molecule has 26 heavy (non-hydrogen) atoms. The number of anilines is 1. The molecule has 1 unspecified atom stereocenters. The molecule has 11 heteroatoms. The summed E-state index contributed by atoms with van der Waals surface area (Å²) in [5, 5.41) is 0.231. The molecule has 0 spiro atoms. The van der Waals surface area contributed by atoms with Gasteiger partial charge < -0.3 is 4.74 Å². The number of alkyl halides is 3. The van der Waals surface area contributed by atoms with Crippen LogP contribution in [0, 0.1) is 5.82 Å². The molecule has 0 radical (unpaired) electrons. The molecule has 1 aromatic heterocycles. The number of nitrogens with zero attached hydrogens (tertiary/aromatic N) is 2. The lowest BCUT2D eigenvalue weighted by Gasteiger charge is -2.27. The van der Waals surface area contributed by atoms with Crippen LogP contribution >= 0.6 is 11.6 Å². The molecule has 2 heterocycles. The van der Waals surface area contributed by atoms with Crippen molar-refractivity contribution in [1.29, 1.82) is 0 Å². The summed E-state index contributed by atoms with van der Waals surface area (Å²) in [5.41, 5.74) is 0.175. The number of halogens is 5. The topological polar surface area (TPSA) is 59.5 Å². The number of fused-ring (bicyclic) bond motifs is 1. The highest BCUT2D eigenvalue weighted by atomic mass is 35.5. The highest BCUT2D eigenvalue weighted by Gasteiger charge is 2.33. The lowest BCUT2D eigenvalue weighted by Crippen LogP contribution is -2.39. The van der Waals surface area contributed by atoms with Gasteiger partial charge in [-0.25, -0.2) is 9.37 Å². The predicted molar refractivity (Wildman–Crippen MR) is 84.8 cm³/mol. The molecule has 0 saturated carbocycles. The second-order valence-corrected chi connectivity index (χ2v) is 7.11. The van der Waals surface area contributed by atoms with Crippen LogP contribution in [0.1, 0.15) is 5.56 Å². The minimum Gasteiger partial charge on any atom is -0.403 e. The standard InChI is InChI=1S/C15H9ClF4N2O3S/c16-9-4-12-14(21-5-9)22(13(23)7-26(12)24)6-8-1-2-10(17)11(3-8)25-15(18,19)20/h1-5H,6-7H2. The Balaban J connectivity index is 1.94. The summed E-state index contributed by atoms with van der Waals surface area (Å²) < 4.78 is 66.2. The van der Waals surface area contributed by atoms with Gasteiger partial charge in [0.15, 0.2) is 17.4 Å². The van der Waals surface area contributed by atoms with Gasteiger partial charge in [-0.2, -0.15) is 0 Å². The maximum Gasteiger partial charge on any atom is 0.573 e. The molecule has 1 aliphatic rings. The maximum absolute atomic E-state index is 13.5. The highest BCUT2D eigenvalue weighted by molar-refractivity contribution is 7.86. The molecule has 1 aromatic carbocycles. The first-order chi connectivity index (χ1) is 12.1. The first-order valence-electron chi connectivity index (χ1n) is 7.02. The Morgan fingerprint density at radius 3 is 2.73 bits per heavy atom. The first-order valence-corrected chi connectivity index (χ1v) is 8.72. The van der Waals surface area contributed by atoms with Gasteiger partial charge in [-0.15, -0.1) is 13.2 Å². The molecule has 5 nitrogen and oxygen atoms in total. The average molecular weight is 409 g/mol. The van der Waals surface area contributed by atoms with Gasteiger partial charge >= 0.3 is 6.36 Å². The first kappa shape index (κ1) is 18.6. The maximum atomic E-state index is 13.5. The quantitative estimate of drug-likeness (QED) is 0.730. The number of hydrogen-bond acceptors (Lipinski definition) is 4. The fourth-order valence-electron chi connectivity index (χ4n) is 2.36. The van der Waals surface area contributed by atoms with Crippen LogP contribution in [0.4, 0.5) is 23.4 Å². The molecule has 1 aliphatic heterocycles. The summed E-state index contributed by atoms with van der Waals surface area (Å²) >= 11 is 5.82. The Morgan fingerprint density at radius 1 is 1.31 bits per heavy atom. The predicted octanol–water partition coefficient (Wildman–Crippen LogP) is 3.43. The SMILES string of the molecule is O=C1CS(=O)c2cc(Cl)cnc2N1Cc1ccc(F)c(OC(F)(F)F)c1. The second kappa shape index (κ2) is 6.84. The van der Waals surface area contributed by atoms with Crippen LogP contribution in [0.2, 0.25) is 5.02 Å². The van der Waals surface area contributed by atoms with Gasteiger partial charge in [-0.3, -0.25) is 13.9 Å². The Labute approximate surface area is 152 Å². The van der Waals surface area contributed by atoms with Gasteiger partial charge in [0.2, 0.25) is 5.91 Å². The van der Waals surface area contributed by atoms with Crippen LogP contribution in [0.3, 0.4) is 0 Å². The lowest BCUT2D eigenvalue weighted by atomic mass is 10.2. The van der Waals surface area contributed by atoms with Crippen LogP contribution in [0.15, 0.2) is 35.4 Å². The Kier molecular flexibility index (Phi) is 4.89. The zero-order valence-corrected chi connectivity index (χ0v) is 14.3. The van der Waals surface area contributed by atoms with E-state index in [0.717, 1.165) is 17.0 Å². The van der Waals surface area contributed by atoms with Crippen LogP contribution in [0.5, 0.6) is 5.75 Å². The van der Waals surface area contributed by atoms with Crippen LogP contribution in [-0.2, 0) is 22.1 Å². The number of pyridine rings is 1. The average Bonchev–Trinajstić information content (AvgIpc) is 2.53. The fourth-order valence-corrected chi connectivity index (χ4v) is 3.75. The Bertz CT molecular complexity index is 907. The third kappa shape index (κ3) is 3.96. The largest absolute Gasteiger partial charge is 0.573 e. The van der Waals surface area contributed by atoms with Gasteiger partial charge in [0.05, 0.1) is 27.3 Å². The smallest absolute Gasteiger partial charge is 0.403 e. The van der Waals surface area contributed by atoms with E-state index in [0.29, 0.717) is 0 Å². The van der Waals surface area contributed by atoms with E-state index in [2.05, 4.69) is 9.72 Å². The number of carbonyl (C=O) groups excluding carboxylic acids is 1. The molecule has 3 rings (SSSR count). The van der Waals surface area contributed by atoms with Crippen LogP contribution in [-0.4, -0.2) is 27.2 Å². The highest BCUT2D eigenvalue weighted by Crippen LogP contribution is 2.32. The number of hydrogen-bond donors (Lipinski definition) is 0. The number of carbonyl (C=O) groups is 1. The van der Waals surface area contributed by atoms with Gasteiger partial charge in [0.25, 0.3) is 0 Å². The van der Waals surface area contributed by atoms with E-state index in [1.165, 1.54) is 18.3 Å². The summed E-state index contributed by atoms with van der Waals surface area (Å²) in [6, 6.07) is 4.27. The van der Waals surface area contributed by atoms with Gasteiger partial charge in [0, 0.05) is 6.20 Å². The molecule has 138 valence electrons. The number of rotatable bonds is 3. The molecular weight excluding hydrogens is 400 g/mol. The summed E-state index contributed by atoms with van der Waals surface area (Å²) in [5.74, 6) is -2.96. The van der Waals surface area contributed by atoms with Gasteiger partial charge in [-0.1, -0.05) is 17.7 Å². The molecule has 0 bridgehead atoms. The zero-order valence-electron chi connectivity index (χ0n) is 12.7. The number of aromatic nitrogens is 1. The van der Waals surface area contributed by atoms with Crippen molar-refractivity contribution in [3.63, 3.8) is 0 Å². The molecular formula is C15H9ClF4N2O3S. The second-order valence-electron chi connectivity index (χ2n) is 5.26. The van der Waals surface area contributed by atoms with Crippen molar-refractivity contribution in [2.45, 2.75) is 17.8 Å². The molecule has 2 aromatic rings. The van der Waals surface area contributed by atoms with E-state index in [1.807, 2.05) is 0 Å². The fraction of sp³-hybridized carbons (Fsp3) is 0.200. The van der Waals surface area contributed by atoms with Crippen molar-refractivity contribution in [2.24, 2.45) is 0 Å². The van der Waals surface area contributed by atoms with Crippen molar-refractivity contribution in [3.05, 3.63) is 46.9 Å². The Hall–Kier alpha value is -2.20. The molecule has 0 aliphatic carbocycles.